The molecule has 1 unspecified atom stereocenters. The van der Waals surface area contributed by atoms with Gasteiger partial charge >= 0.3 is 0 Å². The second-order valence-corrected chi connectivity index (χ2v) is 5.54. The number of rotatable bonds is 3. The van der Waals surface area contributed by atoms with Crippen LogP contribution in [0.2, 0.25) is 0 Å². The number of carbonyl (C=O) groups excluding carboxylic acids is 1. The van der Waals surface area contributed by atoms with Gasteiger partial charge in [0, 0.05) is 19.0 Å². The monoisotopic (exact) mass is 274 g/mol. The Morgan fingerprint density at radius 3 is 2.61 bits per heavy atom. The Morgan fingerprint density at radius 1 is 1.22 bits per heavy atom. The zero-order chi connectivity index (χ0) is 12.1. The van der Waals surface area contributed by atoms with Crippen LogP contribution in [0, 0.1) is 5.92 Å². The maximum atomic E-state index is 12.3. The molecule has 0 spiro atoms. The van der Waals surface area contributed by atoms with Crippen molar-refractivity contribution in [3.05, 3.63) is 0 Å². The van der Waals surface area contributed by atoms with Gasteiger partial charge in [-0.25, -0.2) is 0 Å². The van der Waals surface area contributed by atoms with E-state index in [4.69, 9.17) is 0 Å². The van der Waals surface area contributed by atoms with E-state index in [0.717, 1.165) is 32.5 Å². The van der Waals surface area contributed by atoms with Crippen molar-refractivity contribution < 1.29 is 4.79 Å². The molecule has 106 valence electrons. The molecule has 18 heavy (non-hydrogen) atoms. The van der Waals surface area contributed by atoms with Gasteiger partial charge in [0.25, 0.3) is 0 Å². The number of nitrogens with one attached hydrogen (secondary N) is 1. The molecule has 0 bridgehead atoms. The molecule has 0 radical (unpaired) electrons. The maximum Gasteiger partial charge on any atom is 0.223 e. The van der Waals surface area contributed by atoms with E-state index in [0.29, 0.717) is 17.9 Å². The van der Waals surface area contributed by atoms with Crippen molar-refractivity contribution in [3.63, 3.8) is 0 Å². The van der Waals surface area contributed by atoms with Crippen LogP contribution in [0.5, 0.6) is 0 Å². The van der Waals surface area contributed by atoms with Crippen molar-refractivity contribution >= 4 is 18.3 Å². The number of carbonyl (C=O) groups is 1. The standard InChI is InChI=1S/C14H26N2O.ClH/c1-2-13-5-3-4-10-16(13)14(17)11-12-6-8-15-9-7-12;/h12-13,15H,2-11H2,1H3;1H. The summed E-state index contributed by atoms with van der Waals surface area (Å²) < 4.78 is 0. The number of piperidine rings is 2. The van der Waals surface area contributed by atoms with Gasteiger partial charge in [-0.3, -0.25) is 4.79 Å². The molecular weight excluding hydrogens is 248 g/mol. The zero-order valence-corrected chi connectivity index (χ0v) is 12.3. The van der Waals surface area contributed by atoms with Crippen LogP contribution in [-0.2, 0) is 4.79 Å². The predicted molar refractivity (Wildman–Crippen MR) is 77.1 cm³/mol. The van der Waals surface area contributed by atoms with Gasteiger partial charge in [0.2, 0.25) is 5.91 Å². The van der Waals surface area contributed by atoms with Crippen molar-refractivity contribution in [2.24, 2.45) is 5.92 Å². The molecule has 2 rings (SSSR count). The molecule has 3 nitrogen and oxygen atoms in total. The molecule has 1 amide bonds. The summed E-state index contributed by atoms with van der Waals surface area (Å²) in [5, 5.41) is 3.36. The Labute approximate surface area is 117 Å². The first-order valence-corrected chi connectivity index (χ1v) is 7.31. The largest absolute Gasteiger partial charge is 0.340 e. The molecule has 0 aromatic carbocycles. The maximum absolute atomic E-state index is 12.3. The van der Waals surface area contributed by atoms with Crippen LogP contribution in [0.3, 0.4) is 0 Å². The van der Waals surface area contributed by atoms with E-state index in [2.05, 4.69) is 17.1 Å². The van der Waals surface area contributed by atoms with Crippen LogP contribution in [0.1, 0.15) is 51.9 Å². The van der Waals surface area contributed by atoms with Crippen LogP contribution >= 0.6 is 12.4 Å². The molecule has 0 saturated carbocycles. The summed E-state index contributed by atoms with van der Waals surface area (Å²) in [6.45, 7) is 5.40. The lowest BCUT2D eigenvalue weighted by molar-refractivity contribution is -0.136. The first-order chi connectivity index (χ1) is 8.31. The third-order valence-electron chi connectivity index (χ3n) is 4.34. The molecule has 2 aliphatic heterocycles. The van der Waals surface area contributed by atoms with Crippen LogP contribution in [-0.4, -0.2) is 36.5 Å². The average Bonchev–Trinajstić information content (AvgIpc) is 2.40. The van der Waals surface area contributed by atoms with Gasteiger partial charge < -0.3 is 10.2 Å². The lowest BCUT2D eigenvalue weighted by Gasteiger charge is -2.36. The Hall–Kier alpha value is -0.280. The summed E-state index contributed by atoms with van der Waals surface area (Å²) in [6.07, 6.45) is 7.99. The topological polar surface area (TPSA) is 32.3 Å². The summed E-state index contributed by atoms with van der Waals surface area (Å²) in [5.41, 5.74) is 0. The molecule has 2 fully saturated rings. The number of amides is 1. The minimum absolute atomic E-state index is 0. The van der Waals surface area contributed by atoms with Gasteiger partial charge in [-0.15, -0.1) is 12.4 Å². The first kappa shape index (κ1) is 15.8. The number of halogens is 1. The fourth-order valence-electron chi connectivity index (χ4n) is 3.20. The van der Waals surface area contributed by atoms with Crippen molar-refractivity contribution in [1.29, 1.82) is 0 Å². The van der Waals surface area contributed by atoms with Crippen molar-refractivity contribution in [2.75, 3.05) is 19.6 Å². The molecule has 4 heteroatoms. The van der Waals surface area contributed by atoms with E-state index in [1.807, 2.05) is 0 Å². The summed E-state index contributed by atoms with van der Waals surface area (Å²) in [7, 11) is 0. The Morgan fingerprint density at radius 2 is 1.94 bits per heavy atom. The number of likely N-dealkylation sites (tertiary alicyclic amines) is 1. The van der Waals surface area contributed by atoms with E-state index in [9.17, 15) is 4.79 Å². The summed E-state index contributed by atoms with van der Waals surface area (Å²) in [6, 6.07) is 0.526. The van der Waals surface area contributed by atoms with Crippen molar-refractivity contribution in [2.45, 2.75) is 57.9 Å². The lowest BCUT2D eigenvalue weighted by atomic mass is 9.92. The zero-order valence-electron chi connectivity index (χ0n) is 11.5. The predicted octanol–water partition coefficient (Wildman–Crippen LogP) is 2.59. The van der Waals surface area contributed by atoms with E-state index < -0.39 is 0 Å². The third kappa shape index (κ3) is 4.13. The van der Waals surface area contributed by atoms with E-state index in [-0.39, 0.29) is 12.4 Å². The van der Waals surface area contributed by atoms with Gasteiger partial charge in [0.1, 0.15) is 0 Å². The molecule has 1 N–H and O–H groups in total. The lowest BCUT2D eigenvalue weighted by Crippen LogP contribution is -2.44. The average molecular weight is 275 g/mol. The molecule has 0 aromatic rings. The fraction of sp³-hybridized carbons (Fsp3) is 0.929. The van der Waals surface area contributed by atoms with E-state index in [1.54, 1.807) is 0 Å². The number of hydrogen-bond acceptors (Lipinski definition) is 2. The van der Waals surface area contributed by atoms with E-state index >= 15 is 0 Å². The van der Waals surface area contributed by atoms with Crippen LogP contribution in [0.4, 0.5) is 0 Å². The quantitative estimate of drug-likeness (QED) is 0.858. The van der Waals surface area contributed by atoms with E-state index in [1.165, 1.54) is 32.1 Å². The fourth-order valence-corrected chi connectivity index (χ4v) is 3.20. The highest BCUT2D eigenvalue weighted by molar-refractivity contribution is 5.85. The minimum atomic E-state index is 0. The molecule has 0 aromatic heterocycles. The number of nitrogens with zero attached hydrogens (tertiary/aromatic N) is 1. The SMILES string of the molecule is CCC1CCCCN1C(=O)CC1CCNCC1.Cl. The first-order valence-electron chi connectivity index (χ1n) is 7.31. The molecule has 2 aliphatic rings. The van der Waals surface area contributed by atoms with Crippen LogP contribution in [0.25, 0.3) is 0 Å². The Balaban J connectivity index is 0.00000162. The normalized spacial score (nSPS) is 25.6. The summed E-state index contributed by atoms with van der Waals surface area (Å²) in [5.74, 6) is 1.05. The van der Waals surface area contributed by atoms with Gasteiger partial charge in [0.15, 0.2) is 0 Å². The molecular formula is C14H27ClN2O. The van der Waals surface area contributed by atoms with Crippen molar-refractivity contribution in [3.8, 4) is 0 Å². The highest BCUT2D eigenvalue weighted by atomic mass is 35.5. The van der Waals surface area contributed by atoms with Gasteiger partial charge in [-0.05, 0) is 57.5 Å². The molecule has 1 atom stereocenters. The highest BCUT2D eigenvalue weighted by Crippen LogP contribution is 2.23. The Kier molecular flexibility index (Phi) is 7.02. The molecule has 2 heterocycles. The van der Waals surface area contributed by atoms with Gasteiger partial charge in [-0.2, -0.15) is 0 Å². The van der Waals surface area contributed by atoms with Gasteiger partial charge in [-0.1, -0.05) is 6.92 Å². The smallest absolute Gasteiger partial charge is 0.223 e. The summed E-state index contributed by atoms with van der Waals surface area (Å²) in [4.78, 5) is 14.5. The van der Waals surface area contributed by atoms with Gasteiger partial charge in [0.05, 0.1) is 0 Å². The molecule has 2 saturated heterocycles. The van der Waals surface area contributed by atoms with Crippen LogP contribution < -0.4 is 5.32 Å². The third-order valence-corrected chi connectivity index (χ3v) is 4.34. The second-order valence-electron chi connectivity index (χ2n) is 5.54. The number of hydrogen-bond donors (Lipinski definition) is 1. The Bertz CT molecular complexity index is 254. The molecule has 0 aliphatic carbocycles. The highest BCUT2D eigenvalue weighted by Gasteiger charge is 2.27. The summed E-state index contributed by atoms with van der Waals surface area (Å²) >= 11 is 0. The van der Waals surface area contributed by atoms with Crippen molar-refractivity contribution in [1.82, 2.24) is 10.2 Å². The van der Waals surface area contributed by atoms with Crippen LogP contribution in [0.15, 0.2) is 0 Å². The second kappa shape index (κ2) is 8.00. The minimum Gasteiger partial charge on any atom is -0.340 e.